The monoisotopic (exact) mass is 437 g/mol. The molecule has 1 aliphatic heterocycles. The number of anilines is 1. The fraction of sp³-hybridized carbons (Fsp3) is 0.625. The van der Waals surface area contributed by atoms with Crippen LogP contribution in [0.5, 0.6) is 0 Å². The van der Waals surface area contributed by atoms with Crippen molar-refractivity contribution in [3.8, 4) is 0 Å². The summed E-state index contributed by atoms with van der Waals surface area (Å²) in [5.74, 6) is 0.778. The van der Waals surface area contributed by atoms with Gasteiger partial charge in [-0.15, -0.1) is 0 Å². The van der Waals surface area contributed by atoms with Crippen LogP contribution in [0.25, 0.3) is 5.52 Å². The number of halogens is 4. The van der Waals surface area contributed by atoms with Crippen LogP contribution in [0.2, 0.25) is 5.15 Å². The van der Waals surface area contributed by atoms with E-state index < -0.39 is 30.7 Å². The lowest BCUT2D eigenvalue weighted by Gasteiger charge is -2.60. The molecule has 0 aromatic carbocycles. The summed E-state index contributed by atoms with van der Waals surface area (Å²) in [5, 5.41) is 13.9. The SMILES string of the molecule is Cc1cc(Cl)n2ncnc(N3CC4(CC(N(CC(O)C(F)(F)F)[SH]=O)C4)C3)c12. The van der Waals surface area contributed by atoms with Gasteiger partial charge >= 0.3 is 6.18 Å². The van der Waals surface area contributed by atoms with E-state index in [4.69, 9.17) is 11.6 Å². The second kappa shape index (κ2) is 6.82. The van der Waals surface area contributed by atoms with Crippen molar-refractivity contribution in [1.29, 1.82) is 0 Å². The number of hydrogen-bond acceptors (Lipinski definition) is 5. The Morgan fingerprint density at radius 2 is 2.14 bits per heavy atom. The molecule has 2 fully saturated rings. The molecule has 0 amide bonds. The van der Waals surface area contributed by atoms with Gasteiger partial charge in [0.15, 0.2) is 11.9 Å². The van der Waals surface area contributed by atoms with Gasteiger partial charge in [0.1, 0.15) is 17.0 Å². The molecule has 12 heteroatoms. The van der Waals surface area contributed by atoms with Crippen LogP contribution >= 0.6 is 11.6 Å². The smallest absolute Gasteiger partial charge is 0.382 e. The molecule has 2 aromatic rings. The van der Waals surface area contributed by atoms with E-state index in [1.807, 2.05) is 13.0 Å². The highest BCUT2D eigenvalue weighted by molar-refractivity contribution is 7.63. The molecule has 0 bridgehead atoms. The van der Waals surface area contributed by atoms with Crippen molar-refractivity contribution in [2.24, 2.45) is 5.41 Å². The second-order valence-electron chi connectivity index (χ2n) is 7.67. The number of nitrogens with zero attached hydrogens (tertiary/aromatic N) is 5. The highest BCUT2D eigenvalue weighted by Gasteiger charge is 2.55. The van der Waals surface area contributed by atoms with E-state index in [9.17, 15) is 22.5 Å². The van der Waals surface area contributed by atoms with Gasteiger partial charge < -0.3 is 10.0 Å². The Bertz CT molecular complexity index is 910. The molecular weight excluding hydrogens is 419 g/mol. The first-order chi connectivity index (χ1) is 13.1. The molecule has 1 N–H and O–H groups in total. The van der Waals surface area contributed by atoms with Gasteiger partial charge in [-0.1, -0.05) is 11.6 Å². The number of rotatable bonds is 5. The van der Waals surface area contributed by atoms with E-state index in [-0.39, 0.29) is 11.5 Å². The van der Waals surface area contributed by atoms with Gasteiger partial charge in [0, 0.05) is 31.1 Å². The summed E-state index contributed by atoms with van der Waals surface area (Å²) >= 11 is 5.67. The largest absolute Gasteiger partial charge is 0.415 e. The standard InChI is InChI=1S/C16H19ClF3N5O2S/c1-9-2-12(17)25-13(9)14(21-8-22-25)23-6-15(7-23)3-10(4-15)24(28-27)5-11(26)16(18,19)20/h2,8,10-11,26,28H,3-7H2,1H3. The Labute approximate surface area is 167 Å². The van der Waals surface area contributed by atoms with Crippen LogP contribution in [0, 0.1) is 12.3 Å². The van der Waals surface area contributed by atoms with Gasteiger partial charge in [-0.05, 0) is 31.4 Å². The molecule has 2 aromatic heterocycles. The Kier molecular flexibility index (Phi) is 4.84. The molecule has 154 valence electrons. The zero-order valence-electron chi connectivity index (χ0n) is 14.9. The number of alkyl halides is 3. The Morgan fingerprint density at radius 3 is 2.75 bits per heavy atom. The lowest BCUT2D eigenvalue weighted by molar-refractivity contribution is -0.207. The predicted octanol–water partition coefficient (Wildman–Crippen LogP) is 1.75. The maximum absolute atomic E-state index is 12.5. The third-order valence-electron chi connectivity index (χ3n) is 5.64. The third kappa shape index (κ3) is 3.27. The van der Waals surface area contributed by atoms with Crippen molar-refractivity contribution >= 4 is 34.8 Å². The first-order valence-electron chi connectivity index (χ1n) is 8.72. The average molecular weight is 438 g/mol. The number of aryl methyl sites for hydroxylation is 1. The number of aliphatic hydroxyl groups excluding tert-OH is 1. The van der Waals surface area contributed by atoms with Crippen LogP contribution < -0.4 is 4.90 Å². The van der Waals surface area contributed by atoms with Crippen molar-refractivity contribution < 1.29 is 22.5 Å². The Morgan fingerprint density at radius 1 is 1.46 bits per heavy atom. The van der Waals surface area contributed by atoms with Crippen molar-refractivity contribution in [3.05, 3.63) is 23.1 Å². The average Bonchev–Trinajstić information content (AvgIpc) is 2.85. The minimum absolute atomic E-state index is 0.0248. The fourth-order valence-corrected chi connectivity index (χ4v) is 5.05. The molecule has 1 aliphatic carbocycles. The molecule has 0 radical (unpaired) electrons. The molecule has 7 nitrogen and oxygen atoms in total. The minimum Gasteiger partial charge on any atom is -0.382 e. The summed E-state index contributed by atoms with van der Waals surface area (Å²) in [7, 11) is 0. The molecule has 1 saturated heterocycles. The van der Waals surface area contributed by atoms with Gasteiger partial charge in [0.2, 0.25) is 0 Å². The first kappa shape index (κ1) is 19.9. The number of aliphatic hydroxyl groups is 1. The zero-order chi connectivity index (χ0) is 20.3. The normalized spacial score (nSPS) is 20.6. The first-order valence-corrected chi connectivity index (χ1v) is 9.86. The quantitative estimate of drug-likeness (QED) is 0.697. The number of thiol groups is 1. The molecule has 3 heterocycles. The van der Waals surface area contributed by atoms with E-state index in [1.54, 1.807) is 4.52 Å². The summed E-state index contributed by atoms with van der Waals surface area (Å²) < 4.78 is 51.7. The van der Waals surface area contributed by atoms with E-state index in [1.165, 1.54) is 6.33 Å². The van der Waals surface area contributed by atoms with Crippen molar-refractivity contribution in [3.63, 3.8) is 0 Å². The zero-order valence-corrected chi connectivity index (χ0v) is 16.5. The molecule has 1 spiro atoms. The minimum atomic E-state index is -4.72. The van der Waals surface area contributed by atoms with Gasteiger partial charge in [-0.2, -0.15) is 18.3 Å². The molecule has 1 unspecified atom stereocenters. The maximum Gasteiger partial charge on any atom is 0.415 e. The van der Waals surface area contributed by atoms with Crippen LogP contribution in [-0.2, 0) is 11.9 Å². The van der Waals surface area contributed by atoms with Crippen LogP contribution in [0.3, 0.4) is 0 Å². The fourth-order valence-electron chi connectivity index (χ4n) is 4.24. The number of fused-ring (bicyclic) bond motifs is 1. The lowest BCUT2D eigenvalue weighted by atomic mass is 9.60. The second-order valence-corrected chi connectivity index (χ2v) is 8.74. The molecule has 28 heavy (non-hydrogen) atoms. The van der Waals surface area contributed by atoms with Crippen LogP contribution in [0.15, 0.2) is 12.4 Å². The van der Waals surface area contributed by atoms with Crippen LogP contribution in [0.1, 0.15) is 18.4 Å². The summed E-state index contributed by atoms with van der Waals surface area (Å²) in [4.78, 5) is 6.48. The lowest BCUT2D eigenvalue weighted by Crippen LogP contribution is -2.67. The predicted molar refractivity (Wildman–Crippen MR) is 98.7 cm³/mol. The third-order valence-corrected chi connectivity index (χ3v) is 6.60. The van der Waals surface area contributed by atoms with E-state index in [0.717, 1.165) is 21.2 Å². The molecule has 1 atom stereocenters. The topological polar surface area (TPSA) is 74.0 Å². The van der Waals surface area contributed by atoms with Crippen molar-refractivity contribution in [1.82, 2.24) is 18.9 Å². The summed E-state index contributed by atoms with van der Waals surface area (Å²) in [6.45, 7) is 2.67. The number of hydrogen-bond donors (Lipinski definition) is 2. The van der Waals surface area contributed by atoms with Crippen molar-refractivity contribution in [2.45, 2.75) is 38.1 Å². The van der Waals surface area contributed by atoms with E-state index in [0.29, 0.717) is 31.1 Å². The molecular formula is C16H19ClF3N5O2S. The summed E-state index contributed by atoms with van der Waals surface area (Å²) in [6, 6.07) is 1.58. The van der Waals surface area contributed by atoms with Crippen molar-refractivity contribution in [2.75, 3.05) is 24.5 Å². The van der Waals surface area contributed by atoms with Gasteiger partial charge in [-0.3, -0.25) is 0 Å². The maximum atomic E-state index is 12.5. The molecule has 4 rings (SSSR count). The summed E-state index contributed by atoms with van der Waals surface area (Å²) in [6.07, 6.45) is -4.51. The Hall–Kier alpha value is -1.43. The molecule has 1 saturated carbocycles. The van der Waals surface area contributed by atoms with Crippen LogP contribution in [-0.4, -0.2) is 66.2 Å². The van der Waals surface area contributed by atoms with E-state index >= 15 is 0 Å². The van der Waals surface area contributed by atoms with Gasteiger partial charge in [0.05, 0.1) is 11.9 Å². The van der Waals surface area contributed by atoms with E-state index in [2.05, 4.69) is 15.0 Å². The number of aromatic nitrogens is 3. The van der Waals surface area contributed by atoms with Crippen LogP contribution in [0.4, 0.5) is 19.0 Å². The Balaban J connectivity index is 1.40. The van der Waals surface area contributed by atoms with Gasteiger partial charge in [-0.25, -0.2) is 18.0 Å². The highest BCUT2D eigenvalue weighted by Crippen LogP contribution is 2.51. The van der Waals surface area contributed by atoms with Gasteiger partial charge in [0.25, 0.3) is 0 Å². The summed E-state index contributed by atoms with van der Waals surface area (Å²) in [5.41, 5.74) is 1.78. The highest BCUT2D eigenvalue weighted by atomic mass is 35.5. The molecule has 2 aliphatic rings.